The van der Waals surface area contributed by atoms with Crippen molar-refractivity contribution in [2.75, 3.05) is 37.7 Å². The van der Waals surface area contributed by atoms with Crippen LogP contribution in [0.15, 0.2) is 43.0 Å². The topological polar surface area (TPSA) is 111 Å². The van der Waals surface area contributed by atoms with Gasteiger partial charge in [-0.15, -0.1) is 0 Å². The van der Waals surface area contributed by atoms with Crippen LogP contribution in [0.1, 0.15) is 23.2 Å². The molecule has 0 atom stereocenters. The first-order valence-corrected chi connectivity index (χ1v) is 10.9. The van der Waals surface area contributed by atoms with Gasteiger partial charge in [0.25, 0.3) is 0 Å². The zero-order chi connectivity index (χ0) is 22.3. The lowest BCUT2D eigenvalue weighted by Crippen LogP contribution is -2.39. The number of benzene rings is 1. The molecule has 168 valence electrons. The maximum absolute atomic E-state index is 12.7. The van der Waals surface area contributed by atoms with Crippen LogP contribution < -0.4 is 20.7 Å². The van der Waals surface area contributed by atoms with E-state index in [0.29, 0.717) is 31.4 Å². The summed E-state index contributed by atoms with van der Waals surface area (Å²) < 4.78 is 7.30. The number of imidazole rings is 1. The van der Waals surface area contributed by atoms with Gasteiger partial charge in [0.2, 0.25) is 11.9 Å². The Bertz CT molecular complexity index is 1050. The van der Waals surface area contributed by atoms with Crippen molar-refractivity contribution in [2.24, 2.45) is 5.73 Å². The molecule has 1 aliphatic heterocycles. The van der Waals surface area contributed by atoms with Gasteiger partial charge in [0.1, 0.15) is 17.9 Å². The summed E-state index contributed by atoms with van der Waals surface area (Å²) in [6, 6.07) is 8.13. The van der Waals surface area contributed by atoms with E-state index in [2.05, 4.69) is 32.4 Å². The van der Waals surface area contributed by atoms with Crippen molar-refractivity contribution in [1.29, 1.82) is 0 Å². The fourth-order valence-electron chi connectivity index (χ4n) is 3.72. The predicted molar refractivity (Wildman–Crippen MR) is 122 cm³/mol. The molecule has 9 nitrogen and oxygen atoms in total. The van der Waals surface area contributed by atoms with Crippen LogP contribution in [0.25, 0.3) is 5.95 Å². The number of amides is 1. The predicted octanol–water partition coefficient (Wildman–Crippen LogP) is 1.42. The minimum absolute atomic E-state index is 0.0491. The van der Waals surface area contributed by atoms with Crippen LogP contribution in [0.5, 0.6) is 5.75 Å². The zero-order valence-corrected chi connectivity index (χ0v) is 18.3. The number of fused-ring (bicyclic) bond motifs is 1. The minimum atomic E-state index is -0.0491. The summed E-state index contributed by atoms with van der Waals surface area (Å²) in [6.45, 7) is 4.62. The highest BCUT2D eigenvalue weighted by atomic mass is 16.5. The van der Waals surface area contributed by atoms with Crippen molar-refractivity contribution in [1.82, 2.24) is 24.8 Å². The van der Waals surface area contributed by atoms with Crippen molar-refractivity contribution in [3.63, 3.8) is 0 Å². The van der Waals surface area contributed by atoms with Gasteiger partial charge in [-0.25, -0.2) is 9.97 Å². The SMILES string of the molecule is Cc1cc(N(CCCN)CC(=O)NCCc2ccc3c(c2)CCO3)nc(-n2ccnc2)n1. The van der Waals surface area contributed by atoms with Crippen LogP contribution in [0, 0.1) is 6.92 Å². The Labute approximate surface area is 187 Å². The van der Waals surface area contributed by atoms with Gasteiger partial charge in [0.05, 0.1) is 13.2 Å². The molecule has 0 spiro atoms. The Morgan fingerprint density at radius 1 is 1.31 bits per heavy atom. The number of rotatable bonds is 10. The van der Waals surface area contributed by atoms with Gasteiger partial charge in [-0.05, 0) is 43.5 Å². The van der Waals surface area contributed by atoms with E-state index in [0.717, 1.165) is 37.3 Å². The van der Waals surface area contributed by atoms with Crippen LogP contribution in [0.4, 0.5) is 5.82 Å². The Hall–Kier alpha value is -3.46. The van der Waals surface area contributed by atoms with Crippen LogP contribution >= 0.6 is 0 Å². The lowest BCUT2D eigenvalue weighted by molar-refractivity contribution is -0.119. The second kappa shape index (κ2) is 10.2. The summed E-state index contributed by atoms with van der Waals surface area (Å²) in [7, 11) is 0. The molecule has 9 heteroatoms. The van der Waals surface area contributed by atoms with Gasteiger partial charge >= 0.3 is 0 Å². The molecule has 0 bridgehead atoms. The second-order valence-corrected chi connectivity index (χ2v) is 7.84. The van der Waals surface area contributed by atoms with Crippen molar-refractivity contribution in [2.45, 2.75) is 26.2 Å². The van der Waals surface area contributed by atoms with E-state index in [1.807, 2.05) is 24.0 Å². The van der Waals surface area contributed by atoms with Crippen molar-refractivity contribution in [3.8, 4) is 11.7 Å². The van der Waals surface area contributed by atoms with E-state index in [9.17, 15) is 4.79 Å². The molecule has 32 heavy (non-hydrogen) atoms. The molecule has 1 aliphatic rings. The number of nitrogens with two attached hydrogens (primary N) is 1. The number of nitrogens with one attached hydrogen (secondary N) is 1. The van der Waals surface area contributed by atoms with Crippen molar-refractivity contribution >= 4 is 11.7 Å². The number of hydrogen-bond donors (Lipinski definition) is 2. The smallest absolute Gasteiger partial charge is 0.239 e. The first-order valence-electron chi connectivity index (χ1n) is 10.9. The molecule has 0 unspecified atom stereocenters. The van der Waals surface area contributed by atoms with Crippen molar-refractivity contribution in [3.05, 3.63) is 59.8 Å². The number of anilines is 1. The zero-order valence-electron chi connectivity index (χ0n) is 18.3. The molecule has 3 aromatic rings. The number of carbonyl (C=O) groups is 1. The average molecular weight is 436 g/mol. The second-order valence-electron chi connectivity index (χ2n) is 7.84. The van der Waals surface area contributed by atoms with Gasteiger partial charge in [-0.2, -0.15) is 4.98 Å². The monoisotopic (exact) mass is 435 g/mol. The summed E-state index contributed by atoms with van der Waals surface area (Å²) in [5.74, 6) is 2.15. The maximum atomic E-state index is 12.7. The van der Waals surface area contributed by atoms with Crippen LogP contribution in [-0.2, 0) is 17.6 Å². The van der Waals surface area contributed by atoms with E-state index in [1.54, 1.807) is 23.3 Å². The van der Waals surface area contributed by atoms with Crippen LogP contribution in [0.2, 0.25) is 0 Å². The molecule has 1 aromatic carbocycles. The number of carbonyl (C=O) groups excluding carboxylic acids is 1. The third-order valence-corrected chi connectivity index (χ3v) is 5.34. The molecule has 2 aromatic heterocycles. The van der Waals surface area contributed by atoms with E-state index in [1.165, 1.54) is 11.1 Å². The fourth-order valence-corrected chi connectivity index (χ4v) is 3.72. The Balaban J connectivity index is 1.38. The molecule has 0 saturated heterocycles. The third kappa shape index (κ3) is 5.42. The molecule has 0 saturated carbocycles. The lowest BCUT2D eigenvalue weighted by Gasteiger charge is -2.23. The third-order valence-electron chi connectivity index (χ3n) is 5.34. The number of hydrogen-bond acceptors (Lipinski definition) is 7. The highest BCUT2D eigenvalue weighted by Gasteiger charge is 2.16. The quantitative estimate of drug-likeness (QED) is 0.495. The molecule has 0 aliphatic carbocycles. The van der Waals surface area contributed by atoms with Crippen LogP contribution in [0.3, 0.4) is 0 Å². The van der Waals surface area contributed by atoms with E-state index in [-0.39, 0.29) is 12.5 Å². The molecular formula is C23H29N7O2. The largest absolute Gasteiger partial charge is 0.493 e. The number of aromatic nitrogens is 4. The molecule has 3 N–H and O–H groups in total. The molecule has 0 fully saturated rings. The number of nitrogens with zero attached hydrogens (tertiary/aromatic N) is 5. The average Bonchev–Trinajstić information content (AvgIpc) is 3.48. The van der Waals surface area contributed by atoms with Crippen LogP contribution in [-0.4, -0.2) is 58.2 Å². The fraction of sp³-hybridized carbons (Fsp3) is 0.391. The highest BCUT2D eigenvalue weighted by molar-refractivity contribution is 5.81. The summed E-state index contributed by atoms with van der Waals surface area (Å²) >= 11 is 0. The van der Waals surface area contributed by atoms with Gasteiger partial charge in [0, 0.05) is 43.7 Å². The highest BCUT2D eigenvalue weighted by Crippen LogP contribution is 2.25. The molecule has 1 amide bonds. The standard InChI is InChI=1S/C23H29N7O2/c1-17-13-21(28-23(27-17)30-11-9-25-16-30)29(10-2-7-24)15-22(31)26-8-5-18-3-4-20-19(14-18)6-12-32-20/h3-4,9,11,13-14,16H,2,5-8,10,12,15,24H2,1H3,(H,26,31). The summed E-state index contributed by atoms with van der Waals surface area (Å²) in [4.78, 5) is 27.8. The van der Waals surface area contributed by atoms with Gasteiger partial charge in [0.15, 0.2) is 0 Å². The Morgan fingerprint density at radius 2 is 2.22 bits per heavy atom. The van der Waals surface area contributed by atoms with E-state index < -0.39 is 0 Å². The summed E-state index contributed by atoms with van der Waals surface area (Å²) in [6.07, 6.45) is 7.61. The van der Waals surface area contributed by atoms with Crippen molar-refractivity contribution < 1.29 is 9.53 Å². The van der Waals surface area contributed by atoms with Gasteiger partial charge < -0.3 is 20.7 Å². The lowest BCUT2D eigenvalue weighted by atomic mass is 10.1. The number of ether oxygens (including phenoxy) is 1. The first-order chi connectivity index (χ1) is 15.6. The summed E-state index contributed by atoms with van der Waals surface area (Å²) in [5, 5.41) is 3.03. The van der Waals surface area contributed by atoms with E-state index >= 15 is 0 Å². The Morgan fingerprint density at radius 3 is 3.03 bits per heavy atom. The van der Waals surface area contributed by atoms with E-state index in [4.69, 9.17) is 10.5 Å². The maximum Gasteiger partial charge on any atom is 0.239 e. The van der Waals surface area contributed by atoms with Gasteiger partial charge in [-0.1, -0.05) is 12.1 Å². The summed E-state index contributed by atoms with van der Waals surface area (Å²) in [5.41, 5.74) is 8.99. The first kappa shape index (κ1) is 21.8. The minimum Gasteiger partial charge on any atom is -0.493 e. The molecule has 3 heterocycles. The molecular weight excluding hydrogens is 406 g/mol. The molecule has 4 rings (SSSR count). The molecule has 0 radical (unpaired) electrons. The van der Waals surface area contributed by atoms with Gasteiger partial charge in [-0.3, -0.25) is 9.36 Å². The number of aryl methyl sites for hydroxylation is 1. The normalized spacial score (nSPS) is 12.3. The Kier molecular flexibility index (Phi) is 6.96.